The molecule has 0 unspecified atom stereocenters. The lowest BCUT2D eigenvalue weighted by Crippen LogP contribution is -2.46. The average molecular weight is 817 g/mol. The molecule has 2 saturated carbocycles. The number of aliphatic hydroxyl groups is 2. The average Bonchev–Trinajstić information content (AvgIpc) is 3.76. The minimum Gasteiger partial charge on any atom is -0.508 e. The molecule has 5 aromatic rings. The molecule has 0 amide bonds. The number of fused-ring (bicyclic) bond motifs is 4. The monoisotopic (exact) mass is 816 g/mol. The molecule has 2 heterocycles. The minimum absolute atomic E-state index is 0.0391. The Bertz CT molecular complexity index is 2310. The third-order valence-corrected chi connectivity index (χ3v) is 13.2. The highest BCUT2D eigenvalue weighted by atomic mass is 16.5. The molecule has 4 aliphatic rings. The van der Waals surface area contributed by atoms with Gasteiger partial charge in [0.05, 0.1) is 31.0 Å². The van der Waals surface area contributed by atoms with Crippen molar-refractivity contribution >= 4 is 10.8 Å². The van der Waals surface area contributed by atoms with Gasteiger partial charge >= 0.3 is 0 Å². The van der Waals surface area contributed by atoms with Gasteiger partial charge in [-0.25, -0.2) is 0 Å². The van der Waals surface area contributed by atoms with E-state index < -0.39 is 30.1 Å². The lowest BCUT2D eigenvalue weighted by atomic mass is 9.72. The Labute approximate surface area is 351 Å². The van der Waals surface area contributed by atoms with E-state index in [9.17, 15) is 25.5 Å². The SMILES string of the molecule is COCCC[C@H]1Oc2c(cc(OC3CCCCC3)c3cc(O)ccc23)[C@H](O)[C@@H]1[C@H]1COc2c(Cc3cc(O)ccc3-c3cccc(O)c3)cc(OC3CCCC3)cc2[C@H]1O. The summed E-state index contributed by atoms with van der Waals surface area (Å²) < 4.78 is 32.4. The van der Waals surface area contributed by atoms with Crippen LogP contribution in [0.25, 0.3) is 21.9 Å². The van der Waals surface area contributed by atoms with E-state index in [-0.39, 0.29) is 36.1 Å². The fourth-order valence-corrected chi connectivity index (χ4v) is 10.2. The predicted molar refractivity (Wildman–Crippen MR) is 228 cm³/mol. The number of phenols is 3. The maximum atomic E-state index is 12.6. The Morgan fingerprint density at radius 3 is 2.17 bits per heavy atom. The second-order valence-corrected chi connectivity index (χ2v) is 17.2. The second-order valence-electron chi connectivity index (χ2n) is 17.2. The Morgan fingerprint density at radius 1 is 0.667 bits per heavy atom. The van der Waals surface area contributed by atoms with E-state index in [1.165, 1.54) is 6.42 Å². The molecule has 5 N–H and O–H groups in total. The zero-order chi connectivity index (χ0) is 41.3. The number of aliphatic hydroxyl groups excluding tert-OH is 2. The van der Waals surface area contributed by atoms with Crippen molar-refractivity contribution in [3.8, 4) is 51.4 Å². The summed E-state index contributed by atoms with van der Waals surface area (Å²) in [6.45, 7) is 0.632. The standard InChI is InChI=1S/C50H56O10/c1-56-20-8-15-44-46(48(55)42-27-45(59-36-11-3-2-4-12-36)40-25-34(53)17-19-39(40)50(42)60-44)43-28-57-49-31(24-37(26-41(49)47(43)54)58-35-13-5-6-14-35)21-30-23-33(52)16-18-38(30)29-9-7-10-32(51)22-29/h7,9-10,16-19,22-27,35-36,43-44,46-48,51-55H,2-6,8,11-15,20-21,28H2,1H3/t43-,44-,46-,47-,48+/m1/s1. The first-order chi connectivity index (χ1) is 29.2. The first-order valence-corrected chi connectivity index (χ1v) is 21.8. The first-order valence-electron chi connectivity index (χ1n) is 21.8. The van der Waals surface area contributed by atoms with Gasteiger partial charge in [-0.3, -0.25) is 0 Å². The molecule has 10 heteroatoms. The maximum Gasteiger partial charge on any atom is 0.133 e. The third-order valence-electron chi connectivity index (χ3n) is 13.2. The highest BCUT2D eigenvalue weighted by molar-refractivity contribution is 5.96. The molecule has 316 valence electrons. The van der Waals surface area contributed by atoms with E-state index in [2.05, 4.69) is 0 Å². The molecule has 2 aliphatic carbocycles. The van der Waals surface area contributed by atoms with Gasteiger partial charge in [-0.2, -0.15) is 0 Å². The van der Waals surface area contributed by atoms with Gasteiger partial charge in [0.2, 0.25) is 0 Å². The number of benzene rings is 5. The van der Waals surface area contributed by atoms with Crippen LogP contribution in [0, 0.1) is 11.8 Å². The first kappa shape index (κ1) is 40.3. The number of phenolic OH excluding ortho intramolecular Hbond substituents is 3. The fraction of sp³-hybridized carbons (Fsp3) is 0.440. The van der Waals surface area contributed by atoms with Crippen LogP contribution in [0.4, 0.5) is 0 Å². The summed E-state index contributed by atoms with van der Waals surface area (Å²) >= 11 is 0. The van der Waals surface area contributed by atoms with E-state index in [1.807, 2.05) is 36.4 Å². The maximum absolute atomic E-state index is 12.6. The van der Waals surface area contributed by atoms with Crippen molar-refractivity contribution in [1.82, 2.24) is 0 Å². The summed E-state index contributed by atoms with van der Waals surface area (Å²) in [5, 5.41) is 58.4. The van der Waals surface area contributed by atoms with Gasteiger partial charge in [-0.15, -0.1) is 0 Å². The van der Waals surface area contributed by atoms with Gasteiger partial charge in [0.15, 0.2) is 0 Å². The number of hydrogen-bond donors (Lipinski definition) is 5. The fourth-order valence-electron chi connectivity index (χ4n) is 10.2. The van der Waals surface area contributed by atoms with Crippen LogP contribution in [0.5, 0.6) is 40.2 Å². The van der Waals surface area contributed by atoms with Gasteiger partial charge in [0, 0.05) is 59.4 Å². The van der Waals surface area contributed by atoms with E-state index in [0.717, 1.165) is 84.4 Å². The van der Waals surface area contributed by atoms with Crippen LogP contribution in [-0.4, -0.2) is 64.2 Å². The van der Waals surface area contributed by atoms with E-state index in [0.29, 0.717) is 60.0 Å². The number of ether oxygens (including phenoxy) is 5. The Kier molecular flexibility index (Phi) is 11.7. The summed E-state index contributed by atoms with van der Waals surface area (Å²) in [5.41, 5.74) is 4.45. The van der Waals surface area contributed by atoms with Crippen molar-refractivity contribution in [1.29, 1.82) is 0 Å². The van der Waals surface area contributed by atoms with Crippen molar-refractivity contribution in [3.05, 3.63) is 101 Å². The zero-order valence-corrected chi connectivity index (χ0v) is 34.2. The molecule has 0 radical (unpaired) electrons. The largest absolute Gasteiger partial charge is 0.508 e. The van der Waals surface area contributed by atoms with E-state index >= 15 is 0 Å². The van der Waals surface area contributed by atoms with Gasteiger partial charge in [0.1, 0.15) is 46.4 Å². The van der Waals surface area contributed by atoms with Crippen LogP contribution >= 0.6 is 0 Å². The molecule has 5 atom stereocenters. The molecule has 2 fully saturated rings. The smallest absolute Gasteiger partial charge is 0.133 e. The molecule has 10 nitrogen and oxygen atoms in total. The zero-order valence-electron chi connectivity index (χ0n) is 34.2. The number of aromatic hydroxyl groups is 3. The molecule has 0 spiro atoms. The van der Waals surface area contributed by atoms with Crippen LogP contribution in [0.3, 0.4) is 0 Å². The molecule has 0 bridgehead atoms. The molecular weight excluding hydrogens is 761 g/mol. The van der Waals surface area contributed by atoms with Crippen molar-refractivity contribution in [2.24, 2.45) is 11.8 Å². The lowest BCUT2D eigenvalue weighted by Gasteiger charge is -2.45. The summed E-state index contributed by atoms with van der Waals surface area (Å²) in [4.78, 5) is 0. The Morgan fingerprint density at radius 2 is 1.38 bits per heavy atom. The van der Waals surface area contributed by atoms with Crippen LogP contribution < -0.4 is 18.9 Å². The number of methoxy groups -OCH3 is 1. The van der Waals surface area contributed by atoms with E-state index in [4.69, 9.17) is 23.7 Å². The van der Waals surface area contributed by atoms with Crippen LogP contribution in [0.2, 0.25) is 0 Å². The summed E-state index contributed by atoms with van der Waals surface area (Å²) in [5.74, 6) is 1.60. The van der Waals surface area contributed by atoms with Crippen LogP contribution in [0.15, 0.2) is 78.9 Å². The Hall–Kier alpha value is -5.16. The van der Waals surface area contributed by atoms with E-state index in [1.54, 1.807) is 49.6 Å². The summed E-state index contributed by atoms with van der Waals surface area (Å²) in [7, 11) is 1.67. The third kappa shape index (κ3) is 8.17. The van der Waals surface area contributed by atoms with Crippen LogP contribution in [0.1, 0.15) is 105 Å². The van der Waals surface area contributed by atoms with Crippen molar-refractivity contribution in [2.75, 3.05) is 20.3 Å². The highest BCUT2D eigenvalue weighted by Gasteiger charge is 2.48. The number of hydrogen-bond acceptors (Lipinski definition) is 10. The van der Waals surface area contributed by atoms with Crippen molar-refractivity contribution in [3.63, 3.8) is 0 Å². The van der Waals surface area contributed by atoms with Crippen molar-refractivity contribution < 1.29 is 49.2 Å². The lowest BCUT2D eigenvalue weighted by molar-refractivity contribution is -0.0884. The van der Waals surface area contributed by atoms with Gasteiger partial charge < -0.3 is 49.2 Å². The predicted octanol–water partition coefficient (Wildman–Crippen LogP) is 9.83. The number of rotatable bonds is 12. The van der Waals surface area contributed by atoms with Crippen LogP contribution in [-0.2, 0) is 11.2 Å². The molecular formula is C50H56O10. The second kappa shape index (κ2) is 17.4. The molecule has 0 saturated heterocycles. The normalized spacial score (nSPS) is 23.1. The topological polar surface area (TPSA) is 147 Å². The summed E-state index contributed by atoms with van der Waals surface area (Å²) in [6.07, 6.45) is 8.51. The molecule has 0 aromatic heterocycles. The van der Waals surface area contributed by atoms with Crippen molar-refractivity contribution in [2.45, 2.75) is 108 Å². The molecule has 9 rings (SSSR count). The summed E-state index contributed by atoms with van der Waals surface area (Å²) in [6, 6.07) is 23.2. The van der Waals surface area contributed by atoms with Gasteiger partial charge in [-0.1, -0.05) is 24.6 Å². The van der Waals surface area contributed by atoms with Gasteiger partial charge in [0.25, 0.3) is 0 Å². The minimum atomic E-state index is -1.04. The molecule has 5 aromatic carbocycles. The van der Waals surface area contributed by atoms with Gasteiger partial charge in [-0.05, 0) is 142 Å². The molecule has 60 heavy (non-hydrogen) atoms. The quantitative estimate of drug-likeness (QED) is 0.0771. The molecule has 2 aliphatic heterocycles. The Balaban J connectivity index is 1.10. The highest BCUT2D eigenvalue weighted by Crippen LogP contribution is 2.54.